The fourth-order valence-corrected chi connectivity index (χ4v) is 4.45. The maximum atomic E-state index is 12.5. The van der Waals surface area contributed by atoms with Gasteiger partial charge in [0.05, 0.1) is 10.9 Å². The first-order chi connectivity index (χ1) is 16.3. The standard InChI is InChI=1S/C26H28ClN5O2/c1-26(2,3)24(33)34-19-13-16-6-4-5-7-20(16)17(14-19)12-18-15-29-22-21(18)30-25(27)31-23(22)32-10-8-28-9-11-32/h4-7,13-15,28-29H,8-12H2,1-3H3. The van der Waals surface area contributed by atoms with Crippen molar-refractivity contribution < 1.29 is 9.53 Å². The summed E-state index contributed by atoms with van der Waals surface area (Å²) < 4.78 is 5.75. The highest BCUT2D eigenvalue weighted by atomic mass is 35.5. The summed E-state index contributed by atoms with van der Waals surface area (Å²) in [5, 5.41) is 5.73. The number of aromatic amines is 1. The van der Waals surface area contributed by atoms with E-state index in [0.717, 1.165) is 64.9 Å². The highest BCUT2D eigenvalue weighted by Gasteiger charge is 2.24. The summed E-state index contributed by atoms with van der Waals surface area (Å²) in [4.78, 5) is 27.2. The van der Waals surface area contributed by atoms with Crippen LogP contribution in [0.1, 0.15) is 31.9 Å². The third-order valence-corrected chi connectivity index (χ3v) is 6.27. The van der Waals surface area contributed by atoms with E-state index < -0.39 is 5.41 Å². The quantitative estimate of drug-likeness (QED) is 0.251. The summed E-state index contributed by atoms with van der Waals surface area (Å²) in [6.45, 7) is 9.09. The third-order valence-electron chi connectivity index (χ3n) is 6.10. The van der Waals surface area contributed by atoms with Gasteiger partial charge in [0.2, 0.25) is 5.28 Å². The van der Waals surface area contributed by atoms with Crippen molar-refractivity contribution in [2.75, 3.05) is 31.1 Å². The van der Waals surface area contributed by atoms with Crippen LogP contribution < -0.4 is 15.0 Å². The molecular formula is C26H28ClN5O2. The van der Waals surface area contributed by atoms with E-state index in [1.165, 1.54) is 0 Å². The molecule has 0 radical (unpaired) electrons. The average Bonchev–Trinajstić information content (AvgIpc) is 3.21. The second-order valence-electron chi connectivity index (χ2n) is 9.71. The number of anilines is 1. The number of rotatable bonds is 4. The van der Waals surface area contributed by atoms with E-state index in [0.29, 0.717) is 12.2 Å². The van der Waals surface area contributed by atoms with Gasteiger partial charge in [-0.05, 0) is 60.8 Å². The fourth-order valence-electron chi connectivity index (χ4n) is 4.29. The number of carbonyl (C=O) groups is 1. The Morgan fingerprint density at radius 3 is 2.65 bits per heavy atom. The Morgan fingerprint density at radius 1 is 1.12 bits per heavy atom. The molecule has 0 atom stereocenters. The molecule has 2 aromatic carbocycles. The molecule has 1 aliphatic rings. The minimum atomic E-state index is -0.587. The Labute approximate surface area is 203 Å². The van der Waals surface area contributed by atoms with Crippen LogP contribution in [0.25, 0.3) is 21.8 Å². The molecule has 1 fully saturated rings. The van der Waals surface area contributed by atoms with Gasteiger partial charge in [-0.25, -0.2) is 4.98 Å². The summed E-state index contributed by atoms with van der Waals surface area (Å²) in [5.41, 5.74) is 3.18. The maximum Gasteiger partial charge on any atom is 0.316 e. The fraction of sp³-hybridized carbons (Fsp3) is 0.346. The van der Waals surface area contributed by atoms with E-state index in [1.807, 2.05) is 57.3 Å². The number of nitrogens with one attached hydrogen (secondary N) is 2. The predicted octanol–water partition coefficient (Wildman–Crippen LogP) is 4.72. The van der Waals surface area contributed by atoms with Crippen molar-refractivity contribution in [1.82, 2.24) is 20.3 Å². The molecule has 2 N–H and O–H groups in total. The van der Waals surface area contributed by atoms with Gasteiger partial charge in [0.25, 0.3) is 0 Å². The lowest BCUT2D eigenvalue weighted by atomic mass is 9.97. The van der Waals surface area contributed by atoms with Gasteiger partial charge < -0.3 is 19.9 Å². The lowest BCUT2D eigenvalue weighted by Gasteiger charge is -2.28. The van der Waals surface area contributed by atoms with Gasteiger partial charge >= 0.3 is 5.97 Å². The Hall–Kier alpha value is -3.16. The van der Waals surface area contributed by atoms with Crippen LogP contribution in [-0.2, 0) is 11.2 Å². The van der Waals surface area contributed by atoms with Gasteiger partial charge in [-0.3, -0.25) is 4.79 Å². The molecule has 0 unspecified atom stereocenters. The van der Waals surface area contributed by atoms with Crippen LogP contribution in [0, 0.1) is 5.41 Å². The number of ether oxygens (including phenoxy) is 1. The number of H-pyrrole nitrogens is 1. The SMILES string of the molecule is CC(C)(C)C(=O)Oc1cc(Cc2c[nH]c3c(N4CCNCC4)nc(Cl)nc23)c2ccccc2c1. The van der Waals surface area contributed by atoms with E-state index in [-0.39, 0.29) is 11.3 Å². The molecule has 0 amide bonds. The molecule has 0 spiro atoms. The zero-order chi connectivity index (χ0) is 23.9. The number of hydrogen-bond acceptors (Lipinski definition) is 6. The Balaban J connectivity index is 1.56. The minimum Gasteiger partial charge on any atom is -0.426 e. The molecule has 8 heteroatoms. The van der Waals surface area contributed by atoms with Crippen LogP contribution in [0.3, 0.4) is 0 Å². The van der Waals surface area contributed by atoms with Crippen LogP contribution in [0.5, 0.6) is 5.75 Å². The van der Waals surface area contributed by atoms with Crippen molar-refractivity contribution in [2.24, 2.45) is 5.41 Å². The van der Waals surface area contributed by atoms with Gasteiger partial charge in [0.1, 0.15) is 11.3 Å². The first-order valence-electron chi connectivity index (χ1n) is 11.5. The summed E-state index contributed by atoms with van der Waals surface area (Å²) in [5.74, 6) is 1.11. The van der Waals surface area contributed by atoms with Crippen molar-refractivity contribution in [3.05, 3.63) is 59.0 Å². The normalized spacial score (nSPS) is 14.6. The van der Waals surface area contributed by atoms with Gasteiger partial charge in [0.15, 0.2) is 5.82 Å². The van der Waals surface area contributed by atoms with Crippen LogP contribution in [0.4, 0.5) is 5.82 Å². The van der Waals surface area contributed by atoms with Crippen molar-refractivity contribution in [3.63, 3.8) is 0 Å². The molecule has 7 nitrogen and oxygen atoms in total. The first-order valence-corrected chi connectivity index (χ1v) is 11.9. The molecule has 5 rings (SSSR count). The second kappa shape index (κ2) is 8.89. The topological polar surface area (TPSA) is 83.1 Å². The number of aromatic nitrogens is 3. The maximum absolute atomic E-state index is 12.5. The lowest BCUT2D eigenvalue weighted by molar-refractivity contribution is -0.142. The summed E-state index contributed by atoms with van der Waals surface area (Å²) in [7, 11) is 0. The molecule has 1 aliphatic heterocycles. The predicted molar refractivity (Wildman–Crippen MR) is 136 cm³/mol. The van der Waals surface area contributed by atoms with Crippen molar-refractivity contribution >= 4 is 45.2 Å². The highest BCUT2D eigenvalue weighted by molar-refractivity contribution is 6.28. The van der Waals surface area contributed by atoms with Crippen LogP contribution in [0.15, 0.2) is 42.6 Å². The molecule has 0 bridgehead atoms. The zero-order valence-corrected chi connectivity index (χ0v) is 20.4. The van der Waals surface area contributed by atoms with Crippen LogP contribution in [0.2, 0.25) is 5.28 Å². The van der Waals surface area contributed by atoms with Crippen LogP contribution >= 0.6 is 11.6 Å². The van der Waals surface area contributed by atoms with Crippen molar-refractivity contribution in [1.29, 1.82) is 0 Å². The minimum absolute atomic E-state index is 0.236. The molecule has 0 aliphatic carbocycles. The van der Waals surface area contributed by atoms with Gasteiger partial charge in [0, 0.05) is 44.4 Å². The zero-order valence-electron chi connectivity index (χ0n) is 19.6. The van der Waals surface area contributed by atoms with E-state index in [1.54, 1.807) is 0 Å². The number of fused-ring (bicyclic) bond motifs is 2. The van der Waals surface area contributed by atoms with Gasteiger partial charge in [-0.15, -0.1) is 0 Å². The average molecular weight is 478 g/mol. The Morgan fingerprint density at radius 2 is 1.88 bits per heavy atom. The van der Waals surface area contributed by atoms with Gasteiger partial charge in [-0.1, -0.05) is 24.3 Å². The van der Waals surface area contributed by atoms with Crippen molar-refractivity contribution in [3.8, 4) is 5.75 Å². The van der Waals surface area contributed by atoms with E-state index in [9.17, 15) is 4.79 Å². The number of hydrogen-bond donors (Lipinski definition) is 2. The largest absolute Gasteiger partial charge is 0.426 e. The molecule has 2 aromatic heterocycles. The highest BCUT2D eigenvalue weighted by Crippen LogP contribution is 2.32. The molecular weight excluding hydrogens is 450 g/mol. The molecule has 34 heavy (non-hydrogen) atoms. The number of esters is 1. The number of carbonyl (C=O) groups excluding carboxylic acids is 1. The summed E-state index contributed by atoms with van der Waals surface area (Å²) in [6, 6.07) is 12.0. The number of nitrogens with zero attached hydrogens (tertiary/aromatic N) is 3. The molecule has 0 saturated carbocycles. The number of benzene rings is 2. The molecule has 1 saturated heterocycles. The van der Waals surface area contributed by atoms with E-state index >= 15 is 0 Å². The molecule has 176 valence electrons. The molecule has 4 aromatic rings. The van der Waals surface area contributed by atoms with E-state index in [4.69, 9.17) is 16.3 Å². The Bertz CT molecular complexity index is 1370. The lowest BCUT2D eigenvalue weighted by Crippen LogP contribution is -2.44. The Kier molecular flexibility index (Phi) is 5.91. The first kappa shape index (κ1) is 22.6. The van der Waals surface area contributed by atoms with E-state index in [2.05, 4.69) is 31.2 Å². The smallest absolute Gasteiger partial charge is 0.316 e. The number of piperazine rings is 1. The van der Waals surface area contributed by atoms with Crippen molar-refractivity contribution in [2.45, 2.75) is 27.2 Å². The number of halogens is 1. The second-order valence-corrected chi connectivity index (χ2v) is 10.0. The molecule has 3 heterocycles. The third kappa shape index (κ3) is 4.45. The monoisotopic (exact) mass is 477 g/mol. The van der Waals surface area contributed by atoms with Gasteiger partial charge in [-0.2, -0.15) is 4.98 Å². The van der Waals surface area contributed by atoms with Crippen LogP contribution in [-0.4, -0.2) is 47.1 Å². The summed E-state index contributed by atoms with van der Waals surface area (Å²) >= 11 is 6.36. The summed E-state index contributed by atoms with van der Waals surface area (Å²) in [6.07, 6.45) is 2.58.